The lowest BCUT2D eigenvalue weighted by Gasteiger charge is -2.13. The van der Waals surface area contributed by atoms with E-state index in [0.717, 1.165) is 5.56 Å². The summed E-state index contributed by atoms with van der Waals surface area (Å²) in [7, 11) is 0. The Bertz CT molecular complexity index is 511. The van der Waals surface area contributed by atoms with Crippen molar-refractivity contribution in [3.05, 3.63) is 29.8 Å². The molecule has 1 rings (SSSR count). The van der Waals surface area contributed by atoms with Gasteiger partial charge in [0.05, 0.1) is 6.42 Å². The maximum atomic E-state index is 11.8. The Kier molecular flexibility index (Phi) is 6.39. The average Bonchev–Trinajstić information content (AvgIpc) is 2.40. The van der Waals surface area contributed by atoms with Gasteiger partial charge in [-0.05, 0) is 24.1 Å². The number of amides is 2. The molecule has 0 aromatic heterocycles. The maximum absolute atomic E-state index is 11.8. The highest BCUT2D eigenvalue weighted by atomic mass is 16.4. The molecular weight excluding hydrogens is 272 g/mol. The summed E-state index contributed by atoms with van der Waals surface area (Å²) in [6.07, 6.45) is 1.19. The molecule has 3 N–H and O–H groups in total. The van der Waals surface area contributed by atoms with Crippen LogP contribution in [-0.2, 0) is 20.8 Å². The van der Waals surface area contributed by atoms with E-state index in [2.05, 4.69) is 10.6 Å². The van der Waals surface area contributed by atoms with Crippen molar-refractivity contribution in [3.63, 3.8) is 0 Å². The molecule has 1 aromatic rings. The summed E-state index contributed by atoms with van der Waals surface area (Å²) < 4.78 is 0. The molecule has 0 saturated heterocycles. The van der Waals surface area contributed by atoms with Crippen LogP contribution >= 0.6 is 0 Å². The van der Waals surface area contributed by atoms with Crippen molar-refractivity contribution in [2.24, 2.45) is 0 Å². The Hall–Kier alpha value is -2.37. The highest BCUT2D eigenvalue weighted by molar-refractivity contribution is 5.89. The van der Waals surface area contributed by atoms with E-state index in [1.54, 1.807) is 24.3 Å². The molecule has 0 bridgehead atoms. The van der Waals surface area contributed by atoms with Crippen molar-refractivity contribution >= 4 is 23.5 Å². The number of carbonyl (C=O) groups is 3. The molecule has 0 aliphatic carbocycles. The van der Waals surface area contributed by atoms with Crippen LogP contribution in [0.5, 0.6) is 0 Å². The van der Waals surface area contributed by atoms with Crippen LogP contribution in [0.25, 0.3) is 0 Å². The standard InChI is InChI=1S/C15H20N2O4/c1-3-4-13(15(20)21)17-14(19)9-11-5-7-12(8-6-11)16-10(2)18/h5-8,13H,3-4,9H2,1-2H3,(H,16,18)(H,17,19)(H,20,21). The predicted octanol–water partition coefficient (Wildman–Crippen LogP) is 1.56. The lowest BCUT2D eigenvalue weighted by molar-refractivity contribution is -0.141. The molecule has 0 spiro atoms. The normalized spacial score (nSPS) is 11.5. The Morgan fingerprint density at radius 2 is 1.81 bits per heavy atom. The van der Waals surface area contributed by atoms with Crippen molar-refractivity contribution in [1.29, 1.82) is 0 Å². The van der Waals surface area contributed by atoms with Crippen molar-refractivity contribution < 1.29 is 19.5 Å². The van der Waals surface area contributed by atoms with Gasteiger partial charge in [-0.15, -0.1) is 0 Å². The summed E-state index contributed by atoms with van der Waals surface area (Å²) in [5.74, 6) is -1.52. The van der Waals surface area contributed by atoms with Gasteiger partial charge in [-0.2, -0.15) is 0 Å². The number of aliphatic carboxylic acids is 1. The molecule has 2 amide bonds. The van der Waals surface area contributed by atoms with Crippen molar-refractivity contribution in [2.75, 3.05) is 5.32 Å². The van der Waals surface area contributed by atoms with E-state index in [0.29, 0.717) is 18.5 Å². The molecule has 114 valence electrons. The quantitative estimate of drug-likeness (QED) is 0.710. The van der Waals surface area contributed by atoms with E-state index in [1.165, 1.54) is 6.92 Å². The first-order valence-corrected chi connectivity index (χ1v) is 6.81. The van der Waals surface area contributed by atoms with E-state index in [-0.39, 0.29) is 18.2 Å². The van der Waals surface area contributed by atoms with Crippen molar-refractivity contribution in [1.82, 2.24) is 5.32 Å². The maximum Gasteiger partial charge on any atom is 0.326 e. The predicted molar refractivity (Wildman–Crippen MR) is 78.9 cm³/mol. The van der Waals surface area contributed by atoms with Crippen LogP contribution in [0.2, 0.25) is 0 Å². The third-order valence-electron chi connectivity index (χ3n) is 2.85. The minimum absolute atomic E-state index is 0.105. The molecule has 1 aromatic carbocycles. The average molecular weight is 292 g/mol. The molecule has 0 aliphatic heterocycles. The van der Waals surface area contributed by atoms with Gasteiger partial charge in [0, 0.05) is 12.6 Å². The molecule has 21 heavy (non-hydrogen) atoms. The van der Waals surface area contributed by atoms with Gasteiger partial charge in [0.15, 0.2) is 0 Å². The van der Waals surface area contributed by atoms with Gasteiger partial charge in [0.25, 0.3) is 0 Å². The topological polar surface area (TPSA) is 95.5 Å². The number of carboxylic acids is 1. The molecule has 0 aliphatic rings. The molecule has 1 atom stereocenters. The Labute approximate surface area is 123 Å². The van der Waals surface area contributed by atoms with Crippen molar-refractivity contribution in [2.45, 2.75) is 39.2 Å². The van der Waals surface area contributed by atoms with Gasteiger partial charge in [-0.25, -0.2) is 4.79 Å². The fourth-order valence-corrected chi connectivity index (χ4v) is 1.89. The zero-order chi connectivity index (χ0) is 15.8. The largest absolute Gasteiger partial charge is 0.480 e. The lowest BCUT2D eigenvalue weighted by Crippen LogP contribution is -2.41. The molecule has 0 radical (unpaired) electrons. The number of anilines is 1. The molecule has 6 heteroatoms. The number of hydrogen-bond acceptors (Lipinski definition) is 3. The van der Waals surface area contributed by atoms with Crippen LogP contribution in [-0.4, -0.2) is 28.9 Å². The zero-order valence-corrected chi connectivity index (χ0v) is 12.2. The number of benzene rings is 1. The smallest absolute Gasteiger partial charge is 0.326 e. The van der Waals surface area contributed by atoms with Crippen LogP contribution in [0.3, 0.4) is 0 Å². The monoisotopic (exact) mass is 292 g/mol. The first kappa shape index (κ1) is 16.7. The molecule has 1 unspecified atom stereocenters. The third-order valence-corrected chi connectivity index (χ3v) is 2.85. The fourth-order valence-electron chi connectivity index (χ4n) is 1.89. The fraction of sp³-hybridized carbons (Fsp3) is 0.400. The van der Waals surface area contributed by atoms with Gasteiger partial charge in [0.2, 0.25) is 11.8 Å². The summed E-state index contributed by atoms with van der Waals surface area (Å²) in [4.78, 5) is 33.7. The second-order valence-corrected chi connectivity index (χ2v) is 4.80. The van der Waals surface area contributed by atoms with Crippen LogP contribution < -0.4 is 10.6 Å². The highest BCUT2D eigenvalue weighted by Crippen LogP contribution is 2.10. The number of carbonyl (C=O) groups excluding carboxylic acids is 2. The van der Waals surface area contributed by atoms with Crippen molar-refractivity contribution in [3.8, 4) is 0 Å². The molecular formula is C15H20N2O4. The van der Waals surface area contributed by atoms with Gasteiger partial charge in [-0.3, -0.25) is 9.59 Å². The summed E-state index contributed by atoms with van der Waals surface area (Å²) in [5.41, 5.74) is 1.41. The Morgan fingerprint density at radius 1 is 1.19 bits per heavy atom. The molecule has 0 saturated carbocycles. The SMILES string of the molecule is CCCC(NC(=O)Cc1ccc(NC(C)=O)cc1)C(=O)O. The van der Waals surface area contributed by atoms with E-state index in [9.17, 15) is 14.4 Å². The summed E-state index contributed by atoms with van der Waals surface area (Å²) in [6.45, 7) is 3.28. The summed E-state index contributed by atoms with van der Waals surface area (Å²) in [6, 6.07) is 6.00. The van der Waals surface area contributed by atoms with Gasteiger partial charge >= 0.3 is 5.97 Å². The van der Waals surface area contributed by atoms with E-state index < -0.39 is 12.0 Å². The number of carboxylic acid groups (broad SMARTS) is 1. The van der Waals surface area contributed by atoms with Gasteiger partial charge < -0.3 is 15.7 Å². The molecule has 0 fully saturated rings. The Morgan fingerprint density at radius 3 is 2.29 bits per heavy atom. The van der Waals surface area contributed by atoms with E-state index >= 15 is 0 Å². The lowest BCUT2D eigenvalue weighted by atomic mass is 10.1. The first-order valence-electron chi connectivity index (χ1n) is 6.81. The Balaban J connectivity index is 2.57. The van der Waals surface area contributed by atoms with Crippen LogP contribution in [0.1, 0.15) is 32.3 Å². The second-order valence-electron chi connectivity index (χ2n) is 4.80. The highest BCUT2D eigenvalue weighted by Gasteiger charge is 2.18. The first-order chi connectivity index (χ1) is 9.92. The minimum atomic E-state index is -1.02. The molecule has 0 heterocycles. The van der Waals surface area contributed by atoms with E-state index in [1.807, 2.05) is 6.92 Å². The summed E-state index contributed by atoms with van der Waals surface area (Å²) >= 11 is 0. The number of nitrogens with one attached hydrogen (secondary N) is 2. The van der Waals surface area contributed by atoms with Crippen LogP contribution in [0.15, 0.2) is 24.3 Å². The summed E-state index contributed by atoms with van der Waals surface area (Å²) in [5, 5.41) is 14.1. The van der Waals surface area contributed by atoms with Crippen LogP contribution in [0.4, 0.5) is 5.69 Å². The number of rotatable bonds is 7. The third kappa shape index (κ3) is 6.07. The number of hydrogen-bond donors (Lipinski definition) is 3. The van der Waals surface area contributed by atoms with Gasteiger partial charge in [0.1, 0.15) is 6.04 Å². The van der Waals surface area contributed by atoms with Crippen LogP contribution in [0, 0.1) is 0 Å². The zero-order valence-electron chi connectivity index (χ0n) is 12.2. The van der Waals surface area contributed by atoms with Gasteiger partial charge in [-0.1, -0.05) is 25.5 Å². The second kappa shape index (κ2) is 8.04. The minimum Gasteiger partial charge on any atom is -0.480 e. The van der Waals surface area contributed by atoms with E-state index in [4.69, 9.17) is 5.11 Å². The molecule has 6 nitrogen and oxygen atoms in total.